The van der Waals surface area contributed by atoms with E-state index in [1.165, 1.54) is 5.01 Å². The molecular weight excluding hydrogens is 404 g/mol. The third-order valence-electron chi connectivity index (χ3n) is 6.00. The number of aromatic hydroxyl groups is 1. The highest BCUT2D eigenvalue weighted by Crippen LogP contribution is 2.39. The highest BCUT2D eigenvalue weighted by molar-refractivity contribution is 6.11. The molecule has 2 aliphatic heterocycles. The molecule has 0 aliphatic carbocycles. The summed E-state index contributed by atoms with van der Waals surface area (Å²) in [5.41, 5.74) is 2.90. The van der Waals surface area contributed by atoms with E-state index in [1.54, 1.807) is 35.5 Å². The maximum Gasteiger partial charge on any atom is 0.255 e. The fourth-order valence-corrected chi connectivity index (χ4v) is 4.37. The van der Waals surface area contributed by atoms with Gasteiger partial charge in [0.1, 0.15) is 11.7 Å². The normalized spacial score (nSPS) is 20.5. The maximum absolute atomic E-state index is 13.6. The van der Waals surface area contributed by atoms with E-state index in [0.29, 0.717) is 30.7 Å². The van der Waals surface area contributed by atoms with Crippen LogP contribution in [0.4, 0.5) is 5.69 Å². The van der Waals surface area contributed by atoms with Gasteiger partial charge in [-0.25, -0.2) is 5.01 Å². The van der Waals surface area contributed by atoms with Crippen molar-refractivity contribution in [2.24, 2.45) is 11.0 Å². The summed E-state index contributed by atoms with van der Waals surface area (Å²) in [6.45, 7) is 0.480. The molecule has 5 rings (SSSR count). The number of hydrogen-bond acceptors (Lipinski definition) is 5. The monoisotopic (exact) mass is 426 g/mol. The standard InChI is InChI=1S/C25H22N4O3/c30-23-11-5-4-10-19(23)22-15-21(17-7-6-13-26-16-17)27-29(22)25(32)20-12-14-28(24(20)31)18-8-2-1-3-9-18/h1-11,13,16,20,22,30H,12,14-15H2. The van der Waals surface area contributed by atoms with Crippen LogP contribution < -0.4 is 4.90 Å². The number of phenolic OH excluding ortho intramolecular Hbond substituents is 1. The first kappa shape index (κ1) is 19.9. The van der Waals surface area contributed by atoms with E-state index in [9.17, 15) is 14.7 Å². The molecule has 2 aromatic carbocycles. The molecule has 0 saturated carbocycles. The molecule has 7 nitrogen and oxygen atoms in total. The van der Waals surface area contributed by atoms with E-state index >= 15 is 0 Å². The number of benzene rings is 2. The van der Waals surface area contributed by atoms with Crippen LogP contribution in [0.15, 0.2) is 84.2 Å². The molecule has 0 spiro atoms. The first-order valence-corrected chi connectivity index (χ1v) is 10.6. The molecular formula is C25H22N4O3. The number of carbonyl (C=O) groups excluding carboxylic acids is 2. The lowest BCUT2D eigenvalue weighted by atomic mass is 9.97. The smallest absolute Gasteiger partial charge is 0.255 e. The molecule has 1 N–H and O–H groups in total. The van der Waals surface area contributed by atoms with Crippen LogP contribution in [0, 0.1) is 5.92 Å². The fraction of sp³-hybridized carbons (Fsp3) is 0.200. The lowest BCUT2D eigenvalue weighted by Crippen LogP contribution is -2.38. The summed E-state index contributed by atoms with van der Waals surface area (Å²) in [7, 11) is 0. The number of pyridine rings is 1. The fourth-order valence-electron chi connectivity index (χ4n) is 4.37. The van der Waals surface area contributed by atoms with Crippen molar-refractivity contribution in [3.05, 3.63) is 90.3 Å². The molecule has 2 atom stereocenters. The molecule has 1 aromatic heterocycles. The zero-order valence-electron chi connectivity index (χ0n) is 17.3. The third-order valence-corrected chi connectivity index (χ3v) is 6.00. The van der Waals surface area contributed by atoms with Crippen LogP contribution in [0.25, 0.3) is 0 Å². The Balaban J connectivity index is 1.47. The van der Waals surface area contributed by atoms with Gasteiger partial charge in [-0.15, -0.1) is 0 Å². The first-order chi connectivity index (χ1) is 15.6. The van der Waals surface area contributed by atoms with Crippen molar-refractivity contribution in [1.29, 1.82) is 0 Å². The van der Waals surface area contributed by atoms with Gasteiger partial charge < -0.3 is 10.0 Å². The molecule has 3 aromatic rings. The van der Waals surface area contributed by atoms with E-state index in [-0.39, 0.29) is 17.6 Å². The molecule has 2 aliphatic rings. The molecule has 2 unspecified atom stereocenters. The van der Waals surface area contributed by atoms with Crippen LogP contribution >= 0.6 is 0 Å². The highest BCUT2D eigenvalue weighted by atomic mass is 16.3. The van der Waals surface area contributed by atoms with Crippen molar-refractivity contribution >= 4 is 23.2 Å². The number of anilines is 1. The van der Waals surface area contributed by atoms with Gasteiger partial charge in [-0.05, 0) is 30.7 Å². The van der Waals surface area contributed by atoms with Gasteiger partial charge in [0.05, 0.1) is 11.8 Å². The van der Waals surface area contributed by atoms with Crippen LogP contribution in [-0.2, 0) is 9.59 Å². The summed E-state index contributed by atoms with van der Waals surface area (Å²) < 4.78 is 0. The number of hydrazone groups is 1. The summed E-state index contributed by atoms with van der Waals surface area (Å²) >= 11 is 0. The maximum atomic E-state index is 13.6. The summed E-state index contributed by atoms with van der Waals surface area (Å²) in [6.07, 6.45) is 4.23. The average molecular weight is 426 g/mol. The zero-order chi connectivity index (χ0) is 22.1. The second-order valence-electron chi connectivity index (χ2n) is 7.92. The molecule has 1 saturated heterocycles. The van der Waals surface area contributed by atoms with Gasteiger partial charge in [-0.2, -0.15) is 5.10 Å². The van der Waals surface area contributed by atoms with Gasteiger partial charge in [0.15, 0.2) is 0 Å². The molecule has 2 amide bonds. The van der Waals surface area contributed by atoms with E-state index in [0.717, 1.165) is 11.3 Å². The summed E-state index contributed by atoms with van der Waals surface area (Å²) in [5, 5.41) is 16.5. The van der Waals surface area contributed by atoms with E-state index in [1.807, 2.05) is 48.5 Å². The van der Waals surface area contributed by atoms with Crippen molar-refractivity contribution in [1.82, 2.24) is 9.99 Å². The average Bonchev–Trinajstić information content (AvgIpc) is 3.44. The van der Waals surface area contributed by atoms with Crippen LogP contribution in [0.3, 0.4) is 0 Å². The topological polar surface area (TPSA) is 86.1 Å². The minimum Gasteiger partial charge on any atom is -0.508 e. The Morgan fingerprint density at radius 2 is 1.78 bits per heavy atom. The molecule has 0 bridgehead atoms. The summed E-state index contributed by atoms with van der Waals surface area (Å²) in [5.74, 6) is -1.27. The number of nitrogens with zero attached hydrogens (tertiary/aromatic N) is 4. The number of rotatable bonds is 4. The van der Waals surface area contributed by atoms with Crippen LogP contribution in [-0.4, -0.2) is 39.2 Å². The van der Waals surface area contributed by atoms with E-state index in [4.69, 9.17) is 0 Å². The molecule has 160 valence electrons. The second kappa shape index (κ2) is 8.26. The third kappa shape index (κ3) is 3.51. The lowest BCUT2D eigenvalue weighted by molar-refractivity contribution is -0.141. The van der Waals surface area contributed by atoms with E-state index in [2.05, 4.69) is 10.1 Å². The van der Waals surface area contributed by atoms with Gasteiger partial charge in [0, 0.05) is 42.2 Å². The predicted octanol–water partition coefficient (Wildman–Crippen LogP) is 3.52. The molecule has 3 heterocycles. The number of carbonyl (C=O) groups is 2. The van der Waals surface area contributed by atoms with Gasteiger partial charge in [-0.1, -0.05) is 42.5 Å². The number of phenols is 1. The lowest BCUT2D eigenvalue weighted by Gasteiger charge is -2.25. The van der Waals surface area contributed by atoms with Crippen LogP contribution in [0.1, 0.15) is 30.0 Å². The SMILES string of the molecule is O=C1C(C(=O)N2N=C(c3cccnc3)CC2c2ccccc2O)CCN1c1ccccc1. The van der Waals surface area contributed by atoms with Gasteiger partial charge >= 0.3 is 0 Å². The number of aromatic nitrogens is 1. The summed E-state index contributed by atoms with van der Waals surface area (Å²) in [4.78, 5) is 32.5. The molecule has 1 fully saturated rings. The highest BCUT2D eigenvalue weighted by Gasteiger charge is 2.44. The Bertz CT molecular complexity index is 1180. The minimum absolute atomic E-state index is 0.0987. The van der Waals surface area contributed by atoms with Crippen molar-refractivity contribution in [2.75, 3.05) is 11.4 Å². The number of amides is 2. The van der Waals surface area contributed by atoms with Crippen molar-refractivity contribution in [2.45, 2.75) is 18.9 Å². The summed E-state index contributed by atoms with van der Waals surface area (Å²) in [6, 6.07) is 19.5. The number of para-hydroxylation sites is 2. The van der Waals surface area contributed by atoms with Gasteiger partial charge in [0.25, 0.3) is 5.91 Å². The Morgan fingerprint density at radius 1 is 1.00 bits per heavy atom. The molecule has 7 heteroatoms. The Kier molecular flexibility index (Phi) is 5.15. The Morgan fingerprint density at radius 3 is 2.53 bits per heavy atom. The minimum atomic E-state index is -0.805. The first-order valence-electron chi connectivity index (χ1n) is 10.6. The van der Waals surface area contributed by atoms with Crippen molar-refractivity contribution in [3.63, 3.8) is 0 Å². The second-order valence-corrected chi connectivity index (χ2v) is 7.92. The Hall–Kier alpha value is -4.00. The van der Waals surface area contributed by atoms with Crippen LogP contribution in [0.5, 0.6) is 5.75 Å². The van der Waals surface area contributed by atoms with Gasteiger partial charge in [-0.3, -0.25) is 14.6 Å². The quantitative estimate of drug-likeness (QED) is 0.647. The largest absolute Gasteiger partial charge is 0.508 e. The Labute approximate surface area is 185 Å². The van der Waals surface area contributed by atoms with Crippen LogP contribution in [0.2, 0.25) is 0 Å². The van der Waals surface area contributed by atoms with Crippen molar-refractivity contribution < 1.29 is 14.7 Å². The van der Waals surface area contributed by atoms with E-state index < -0.39 is 12.0 Å². The molecule has 0 radical (unpaired) electrons. The zero-order valence-corrected chi connectivity index (χ0v) is 17.3. The predicted molar refractivity (Wildman–Crippen MR) is 120 cm³/mol. The van der Waals surface area contributed by atoms with Gasteiger partial charge in [0.2, 0.25) is 5.91 Å². The number of hydrogen-bond donors (Lipinski definition) is 1. The molecule has 32 heavy (non-hydrogen) atoms. The van der Waals surface area contributed by atoms with Crippen molar-refractivity contribution in [3.8, 4) is 5.75 Å².